The molecule has 0 N–H and O–H groups in total. The van der Waals surface area contributed by atoms with Crippen LogP contribution in [0.1, 0.15) is 85.8 Å². The van der Waals surface area contributed by atoms with E-state index in [1.807, 2.05) is 37.3 Å². The topological polar surface area (TPSA) is 0 Å². The molecule has 0 fully saturated rings. The Morgan fingerprint density at radius 2 is 1.28 bits per heavy atom. The summed E-state index contributed by atoms with van der Waals surface area (Å²) in [5.41, 5.74) is 6.70. The van der Waals surface area contributed by atoms with Crippen LogP contribution in [0.15, 0.2) is 91.0 Å². The van der Waals surface area contributed by atoms with Crippen molar-refractivity contribution in [3.8, 4) is 11.8 Å². The summed E-state index contributed by atoms with van der Waals surface area (Å²) in [4.78, 5) is 0. The molecule has 200 valence electrons. The summed E-state index contributed by atoms with van der Waals surface area (Å²) in [7, 11) is 0. The summed E-state index contributed by atoms with van der Waals surface area (Å²) in [6.45, 7) is 4.29. The minimum absolute atomic E-state index is 0.237. The highest BCUT2D eigenvalue weighted by atomic mass is 19.1. The van der Waals surface area contributed by atoms with Crippen LogP contribution in [0.2, 0.25) is 0 Å². The second kappa shape index (κ2) is 15.1. The normalized spacial score (nSPS) is 11.2. The molecule has 0 unspecified atom stereocenters. The standard InChI is InChI=1S/C38H41F/c1-3-5-7-8-10-11-30-13-15-31(16-14-30)17-18-32-19-21-33(22-20-32)23-25-35-26-27-36-29-34(12-9-6-4-2)24-28-37(36)38(35)39/h4,6,13-16,19-22,24,26-29H,3,5,7-12,17-18H2,1-2H3/b6-4+. The number of rotatable bonds is 12. The van der Waals surface area contributed by atoms with E-state index in [1.54, 1.807) is 6.07 Å². The van der Waals surface area contributed by atoms with Gasteiger partial charge in [0.15, 0.2) is 0 Å². The first kappa shape index (κ1) is 28.4. The molecule has 0 amide bonds. The van der Waals surface area contributed by atoms with Crippen LogP contribution in [0.3, 0.4) is 0 Å². The summed E-state index contributed by atoms with van der Waals surface area (Å²) < 4.78 is 15.2. The molecular formula is C38H41F. The Labute approximate surface area is 235 Å². The highest BCUT2D eigenvalue weighted by molar-refractivity contribution is 5.85. The highest BCUT2D eigenvalue weighted by Gasteiger charge is 2.06. The summed E-state index contributed by atoms with van der Waals surface area (Å²) in [5.74, 6) is 5.96. The number of halogens is 1. The molecule has 0 nitrogen and oxygen atoms in total. The SMILES string of the molecule is C/C=C/CCc1ccc2c(F)c(C#Cc3ccc(CCc4ccc(CCCCCCC)cc4)cc3)ccc2c1. The van der Waals surface area contributed by atoms with Crippen molar-refractivity contribution in [1.82, 2.24) is 0 Å². The van der Waals surface area contributed by atoms with Gasteiger partial charge in [0.25, 0.3) is 0 Å². The molecule has 0 atom stereocenters. The Balaban J connectivity index is 1.31. The molecule has 0 radical (unpaired) electrons. The number of aryl methyl sites for hydroxylation is 4. The smallest absolute Gasteiger partial charge is 0.146 e. The number of hydrogen-bond donors (Lipinski definition) is 0. The second-order valence-corrected chi connectivity index (χ2v) is 10.5. The predicted molar refractivity (Wildman–Crippen MR) is 166 cm³/mol. The maximum atomic E-state index is 15.2. The first-order valence-electron chi connectivity index (χ1n) is 14.7. The Morgan fingerprint density at radius 1 is 0.641 bits per heavy atom. The monoisotopic (exact) mass is 516 g/mol. The summed E-state index contributed by atoms with van der Waals surface area (Å²) in [5, 5.41) is 1.56. The van der Waals surface area contributed by atoms with Gasteiger partial charge < -0.3 is 0 Å². The Morgan fingerprint density at radius 3 is 1.97 bits per heavy atom. The van der Waals surface area contributed by atoms with Crippen LogP contribution in [0.25, 0.3) is 10.8 Å². The lowest BCUT2D eigenvalue weighted by Crippen LogP contribution is -1.93. The van der Waals surface area contributed by atoms with Gasteiger partial charge in [0, 0.05) is 10.9 Å². The van der Waals surface area contributed by atoms with Crippen LogP contribution >= 0.6 is 0 Å². The van der Waals surface area contributed by atoms with E-state index >= 15 is 4.39 Å². The molecule has 0 heterocycles. The zero-order valence-electron chi connectivity index (χ0n) is 23.6. The lowest BCUT2D eigenvalue weighted by Gasteiger charge is -2.06. The maximum Gasteiger partial charge on any atom is 0.146 e. The summed E-state index contributed by atoms with van der Waals surface area (Å²) >= 11 is 0. The van der Waals surface area contributed by atoms with Gasteiger partial charge in [0.2, 0.25) is 0 Å². The van der Waals surface area contributed by atoms with E-state index in [1.165, 1.54) is 60.8 Å². The van der Waals surface area contributed by atoms with Crippen LogP contribution in [0.4, 0.5) is 4.39 Å². The maximum absolute atomic E-state index is 15.2. The molecular weight excluding hydrogens is 475 g/mol. The number of fused-ring (bicyclic) bond motifs is 1. The van der Waals surface area contributed by atoms with E-state index in [2.05, 4.69) is 73.4 Å². The van der Waals surface area contributed by atoms with Gasteiger partial charge in [0.1, 0.15) is 5.82 Å². The van der Waals surface area contributed by atoms with Gasteiger partial charge in [-0.2, -0.15) is 0 Å². The van der Waals surface area contributed by atoms with Crippen molar-refractivity contribution >= 4 is 10.8 Å². The molecule has 0 aliphatic rings. The molecule has 0 aliphatic carbocycles. The van der Waals surface area contributed by atoms with Crippen molar-refractivity contribution in [1.29, 1.82) is 0 Å². The molecule has 0 aromatic heterocycles. The number of unbranched alkanes of at least 4 members (excludes halogenated alkanes) is 4. The largest absolute Gasteiger partial charge is 0.205 e. The van der Waals surface area contributed by atoms with Gasteiger partial charge >= 0.3 is 0 Å². The van der Waals surface area contributed by atoms with E-state index in [9.17, 15) is 0 Å². The zero-order chi connectivity index (χ0) is 27.3. The van der Waals surface area contributed by atoms with Gasteiger partial charge in [-0.25, -0.2) is 4.39 Å². The summed E-state index contributed by atoms with van der Waals surface area (Å²) in [6.07, 6.45) is 16.0. The molecule has 4 rings (SSSR count). The average Bonchev–Trinajstić information content (AvgIpc) is 2.97. The van der Waals surface area contributed by atoms with E-state index < -0.39 is 0 Å². The molecule has 0 saturated carbocycles. The third kappa shape index (κ3) is 8.69. The van der Waals surface area contributed by atoms with Crippen molar-refractivity contribution in [2.75, 3.05) is 0 Å². The van der Waals surface area contributed by atoms with Crippen LogP contribution < -0.4 is 0 Å². The van der Waals surface area contributed by atoms with Crippen LogP contribution in [0, 0.1) is 17.7 Å². The quantitative estimate of drug-likeness (QED) is 0.0998. The summed E-state index contributed by atoms with van der Waals surface area (Å²) in [6, 6.07) is 27.3. The van der Waals surface area contributed by atoms with Gasteiger partial charge in [-0.1, -0.05) is 117 Å². The zero-order valence-corrected chi connectivity index (χ0v) is 23.6. The first-order valence-corrected chi connectivity index (χ1v) is 14.7. The molecule has 1 heteroatoms. The van der Waals surface area contributed by atoms with Gasteiger partial charge in [-0.15, -0.1) is 0 Å². The second-order valence-electron chi connectivity index (χ2n) is 10.5. The average molecular weight is 517 g/mol. The molecule has 0 saturated heterocycles. The van der Waals surface area contributed by atoms with Gasteiger partial charge in [-0.05, 0) is 91.3 Å². The van der Waals surface area contributed by atoms with Gasteiger partial charge in [-0.3, -0.25) is 0 Å². The molecule has 4 aromatic rings. The molecule has 4 aromatic carbocycles. The van der Waals surface area contributed by atoms with E-state index in [0.29, 0.717) is 10.9 Å². The van der Waals surface area contributed by atoms with Gasteiger partial charge in [0.05, 0.1) is 5.56 Å². The number of allylic oxidation sites excluding steroid dienone is 2. The minimum atomic E-state index is -0.237. The first-order chi connectivity index (χ1) is 19.2. The van der Waals surface area contributed by atoms with Crippen molar-refractivity contribution in [2.45, 2.75) is 78.1 Å². The van der Waals surface area contributed by atoms with Crippen molar-refractivity contribution in [3.63, 3.8) is 0 Å². The molecule has 0 bridgehead atoms. The molecule has 0 spiro atoms. The fraction of sp³-hybridized carbons (Fsp3) is 0.316. The van der Waals surface area contributed by atoms with Crippen molar-refractivity contribution < 1.29 is 4.39 Å². The third-order valence-corrected chi connectivity index (χ3v) is 7.44. The Bertz CT molecular complexity index is 1410. The van der Waals surface area contributed by atoms with Crippen LogP contribution in [-0.4, -0.2) is 0 Å². The lowest BCUT2D eigenvalue weighted by atomic mass is 10.00. The van der Waals surface area contributed by atoms with E-state index in [0.717, 1.165) is 36.6 Å². The molecule has 39 heavy (non-hydrogen) atoms. The number of benzene rings is 4. The van der Waals surface area contributed by atoms with E-state index in [-0.39, 0.29) is 5.82 Å². The van der Waals surface area contributed by atoms with Crippen molar-refractivity contribution in [3.05, 3.63) is 130 Å². The fourth-order valence-corrected chi connectivity index (χ4v) is 5.00. The predicted octanol–water partition coefficient (Wildman–Crippen LogP) is 10.2. The Hall–Kier alpha value is -3.63. The fourth-order valence-electron chi connectivity index (χ4n) is 5.00. The van der Waals surface area contributed by atoms with Crippen LogP contribution in [0.5, 0.6) is 0 Å². The minimum Gasteiger partial charge on any atom is -0.205 e. The van der Waals surface area contributed by atoms with Crippen molar-refractivity contribution in [2.24, 2.45) is 0 Å². The third-order valence-electron chi connectivity index (χ3n) is 7.44. The molecule has 0 aliphatic heterocycles. The lowest BCUT2D eigenvalue weighted by molar-refractivity contribution is 0.632. The van der Waals surface area contributed by atoms with E-state index in [4.69, 9.17) is 0 Å². The highest BCUT2D eigenvalue weighted by Crippen LogP contribution is 2.23. The Kier molecular flexibility index (Phi) is 11.0. The van der Waals surface area contributed by atoms with Crippen LogP contribution in [-0.2, 0) is 25.7 Å². The number of hydrogen-bond acceptors (Lipinski definition) is 0.